The predicted octanol–water partition coefficient (Wildman–Crippen LogP) is 0.742. The van der Waals surface area contributed by atoms with Gasteiger partial charge in [0.25, 0.3) is 0 Å². The van der Waals surface area contributed by atoms with Gasteiger partial charge in [-0.15, -0.1) is 0 Å². The molecule has 0 aromatic rings. The highest BCUT2D eigenvalue weighted by atomic mass is 16.6. The lowest BCUT2D eigenvalue weighted by Crippen LogP contribution is -2.44. The molecule has 0 aromatic carbocycles. The van der Waals surface area contributed by atoms with Gasteiger partial charge in [0.05, 0.1) is 0 Å². The van der Waals surface area contributed by atoms with E-state index in [0.29, 0.717) is 13.1 Å². The summed E-state index contributed by atoms with van der Waals surface area (Å²) < 4.78 is 5.29. The molecule has 2 atom stereocenters. The molecule has 16 heavy (non-hydrogen) atoms. The number of hydrogen-bond acceptors (Lipinski definition) is 3. The Morgan fingerprint density at radius 2 is 2.19 bits per heavy atom. The Bertz CT molecular complexity index is 322. The Kier molecular flexibility index (Phi) is 2.56. The number of nitrogens with zero attached hydrogens (tertiary/aromatic N) is 1. The Balaban J connectivity index is 2.05. The van der Waals surface area contributed by atoms with Gasteiger partial charge in [0, 0.05) is 19.0 Å². The summed E-state index contributed by atoms with van der Waals surface area (Å²) in [6.07, 6.45) is 0.500. The van der Waals surface area contributed by atoms with E-state index in [1.165, 1.54) is 0 Å². The SMILES string of the molecule is CC(C)(C)OC(=O)N1CC[C@H]2CNC(=O)[C@H]21. The summed E-state index contributed by atoms with van der Waals surface area (Å²) in [6.45, 7) is 6.79. The van der Waals surface area contributed by atoms with Crippen LogP contribution in [-0.4, -0.2) is 41.6 Å². The van der Waals surface area contributed by atoms with Gasteiger partial charge in [0.2, 0.25) is 5.91 Å². The molecule has 0 unspecified atom stereocenters. The van der Waals surface area contributed by atoms with Crippen LogP contribution in [0.15, 0.2) is 0 Å². The van der Waals surface area contributed by atoms with Crippen LogP contribution in [0.3, 0.4) is 0 Å². The number of fused-ring (bicyclic) bond motifs is 1. The lowest BCUT2D eigenvalue weighted by molar-refractivity contribution is -0.123. The highest BCUT2D eigenvalue weighted by Gasteiger charge is 2.46. The number of amides is 2. The standard InChI is InChI=1S/C11H18N2O3/c1-11(2,3)16-10(15)13-5-4-7-6-12-9(14)8(7)13/h7-8H,4-6H2,1-3H3,(H,12,14)/t7-,8-/m0/s1. The van der Waals surface area contributed by atoms with Crippen LogP contribution in [0.1, 0.15) is 27.2 Å². The number of nitrogens with one attached hydrogen (secondary N) is 1. The van der Waals surface area contributed by atoms with E-state index in [0.717, 1.165) is 6.42 Å². The zero-order valence-corrected chi connectivity index (χ0v) is 9.95. The highest BCUT2D eigenvalue weighted by molar-refractivity contribution is 5.88. The molecule has 5 heteroatoms. The average Bonchev–Trinajstić information content (AvgIpc) is 2.66. The quantitative estimate of drug-likeness (QED) is 0.663. The van der Waals surface area contributed by atoms with Crippen molar-refractivity contribution in [2.45, 2.75) is 38.8 Å². The van der Waals surface area contributed by atoms with Gasteiger partial charge in [0.15, 0.2) is 0 Å². The summed E-state index contributed by atoms with van der Waals surface area (Å²) in [7, 11) is 0. The van der Waals surface area contributed by atoms with Crippen LogP contribution in [-0.2, 0) is 9.53 Å². The fraction of sp³-hybridized carbons (Fsp3) is 0.818. The van der Waals surface area contributed by atoms with Crippen molar-refractivity contribution in [3.63, 3.8) is 0 Å². The molecule has 2 amide bonds. The molecule has 90 valence electrons. The molecule has 2 fully saturated rings. The number of rotatable bonds is 0. The number of ether oxygens (including phenoxy) is 1. The van der Waals surface area contributed by atoms with Gasteiger partial charge < -0.3 is 10.1 Å². The first-order valence-corrected chi connectivity index (χ1v) is 5.66. The van der Waals surface area contributed by atoms with E-state index in [4.69, 9.17) is 4.74 Å². The molecule has 2 aliphatic heterocycles. The Labute approximate surface area is 95.1 Å². The molecule has 5 nitrogen and oxygen atoms in total. The molecular formula is C11H18N2O3. The molecule has 0 aliphatic carbocycles. The lowest BCUT2D eigenvalue weighted by atomic mass is 10.0. The van der Waals surface area contributed by atoms with E-state index in [-0.39, 0.29) is 24.0 Å². The van der Waals surface area contributed by atoms with Crippen molar-refractivity contribution >= 4 is 12.0 Å². The maximum Gasteiger partial charge on any atom is 0.410 e. The molecule has 0 saturated carbocycles. The Hall–Kier alpha value is -1.26. The zero-order valence-electron chi connectivity index (χ0n) is 9.95. The minimum absolute atomic E-state index is 0.0478. The molecular weight excluding hydrogens is 208 g/mol. The van der Waals surface area contributed by atoms with Crippen LogP contribution in [0.4, 0.5) is 4.79 Å². The van der Waals surface area contributed by atoms with Gasteiger partial charge in [-0.25, -0.2) is 4.79 Å². The number of hydrogen-bond donors (Lipinski definition) is 1. The largest absolute Gasteiger partial charge is 0.444 e. The molecule has 0 spiro atoms. The summed E-state index contributed by atoms with van der Waals surface area (Å²) in [6, 6.07) is -0.310. The second kappa shape index (κ2) is 3.64. The first kappa shape index (κ1) is 11.2. The van der Waals surface area contributed by atoms with E-state index in [1.54, 1.807) is 4.90 Å². The fourth-order valence-electron chi connectivity index (χ4n) is 2.29. The summed E-state index contributed by atoms with van der Waals surface area (Å²) in [4.78, 5) is 25.0. The van der Waals surface area contributed by atoms with Crippen LogP contribution >= 0.6 is 0 Å². The maximum absolute atomic E-state index is 11.9. The average molecular weight is 226 g/mol. The number of carbonyl (C=O) groups excluding carboxylic acids is 2. The molecule has 2 heterocycles. The van der Waals surface area contributed by atoms with E-state index in [9.17, 15) is 9.59 Å². The van der Waals surface area contributed by atoms with Crippen molar-refractivity contribution in [1.29, 1.82) is 0 Å². The van der Waals surface area contributed by atoms with Gasteiger partial charge in [0.1, 0.15) is 11.6 Å². The Morgan fingerprint density at radius 3 is 2.81 bits per heavy atom. The minimum atomic E-state index is -0.510. The molecule has 0 bridgehead atoms. The maximum atomic E-state index is 11.9. The van der Waals surface area contributed by atoms with Crippen molar-refractivity contribution in [3.8, 4) is 0 Å². The normalized spacial score (nSPS) is 28.9. The van der Waals surface area contributed by atoms with Crippen molar-refractivity contribution in [2.24, 2.45) is 5.92 Å². The molecule has 2 aliphatic rings. The topological polar surface area (TPSA) is 58.6 Å². The van der Waals surface area contributed by atoms with Crippen molar-refractivity contribution < 1.29 is 14.3 Å². The molecule has 0 radical (unpaired) electrons. The molecule has 0 aromatic heterocycles. The van der Waals surface area contributed by atoms with Crippen LogP contribution < -0.4 is 5.32 Å². The van der Waals surface area contributed by atoms with Gasteiger partial charge in [-0.05, 0) is 27.2 Å². The monoisotopic (exact) mass is 226 g/mol. The summed E-state index contributed by atoms with van der Waals surface area (Å²) in [5.41, 5.74) is -0.510. The first-order valence-electron chi connectivity index (χ1n) is 5.66. The van der Waals surface area contributed by atoms with E-state index in [1.807, 2.05) is 20.8 Å². The minimum Gasteiger partial charge on any atom is -0.444 e. The van der Waals surface area contributed by atoms with Gasteiger partial charge >= 0.3 is 6.09 Å². The van der Waals surface area contributed by atoms with E-state index in [2.05, 4.69) is 5.32 Å². The van der Waals surface area contributed by atoms with Crippen LogP contribution in [0.2, 0.25) is 0 Å². The second-order valence-corrected chi connectivity index (χ2v) is 5.41. The fourth-order valence-corrected chi connectivity index (χ4v) is 2.29. The van der Waals surface area contributed by atoms with E-state index < -0.39 is 5.60 Å². The summed E-state index contributed by atoms with van der Waals surface area (Å²) >= 11 is 0. The third kappa shape index (κ3) is 1.99. The van der Waals surface area contributed by atoms with Crippen LogP contribution in [0.25, 0.3) is 0 Å². The lowest BCUT2D eigenvalue weighted by Gasteiger charge is -2.27. The smallest absolute Gasteiger partial charge is 0.410 e. The van der Waals surface area contributed by atoms with Crippen molar-refractivity contribution in [3.05, 3.63) is 0 Å². The number of carbonyl (C=O) groups is 2. The predicted molar refractivity (Wildman–Crippen MR) is 57.8 cm³/mol. The Morgan fingerprint density at radius 1 is 1.50 bits per heavy atom. The number of likely N-dealkylation sites (tertiary alicyclic amines) is 1. The first-order chi connectivity index (χ1) is 7.38. The van der Waals surface area contributed by atoms with Gasteiger partial charge in [-0.3, -0.25) is 9.69 Å². The van der Waals surface area contributed by atoms with Crippen molar-refractivity contribution in [2.75, 3.05) is 13.1 Å². The third-order valence-electron chi connectivity index (χ3n) is 2.96. The van der Waals surface area contributed by atoms with E-state index >= 15 is 0 Å². The second-order valence-electron chi connectivity index (χ2n) is 5.41. The highest BCUT2D eigenvalue weighted by Crippen LogP contribution is 2.29. The molecule has 2 saturated heterocycles. The molecule has 2 rings (SSSR count). The van der Waals surface area contributed by atoms with Crippen LogP contribution in [0, 0.1) is 5.92 Å². The zero-order chi connectivity index (χ0) is 11.9. The summed E-state index contributed by atoms with van der Waals surface area (Å²) in [5.74, 6) is 0.216. The van der Waals surface area contributed by atoms with Gasteiger partial charge in [-0.1, -0.05) is 0 Å². The van der Waals surface area contributed by atoms with Gasteiger partial charge in [-0.2, -0.15) is 0 Å². The molecule has 1 N–H and O–H groups in total. The van der Waals surface area contributed by atoms with Crippen LogP contribution in [0.5, 0.6) is 0 Å². The summed E-state index contributed by atoms with van der Waals surface area (Å²) in [5, 5.41) is 2.78. The third-order valence-corrected chi connectivity index (χ3v) is 2.96. The van der Waals surface area contributed by atoms with Crippen molar-refractivity contribution in [1.82, 2.24) is 10.2 Å².